The number of amides is 2. The van der Waals surface area contributed by atoms with Gasteiger partial charge in [-0.05, 0) is 55.4 Å². The summed E-state index contributed by atoms with van der Waals surface area (Å²) in [6.07, 6.45) is 2.51. The lowest BCUT2D eigenvalue weighted by molar-refractivity contribution is -0.136. The molecule has 0 bridgehead atoms. The smallest absolute Gasteiger partial charge is 0.226 e. The van der Waals surface area contributed by atoms with E-state index in [1.807, 2.05) is 51.0 Å². The van der Waals surface area contributed by atoms with Gasteiger partial charge in [-0.25, -0.2) is 0 Å². The molecule has 0 unspecified atom stereocenters. The van der Waals surface area contributed by atoms with Crippen LogP contribution in [-0.2, 0) is 16.1 Å². The lowest BCUT2D eigenvalue weighted by Crippen LogP contribution is -2.42. The second-order valence-corrected chi connectivity index (χ2v) is 9.11. The number of rotatable bonds is 9. The zero-order valence-corrected chi connectivity index (χ0v) is 18.6. The first-order valence-electron chi connectivity index (χ1n) is 10.5. The van der Waals surface area contributed by atoms with Gasteiger partial charge in [-0.15, -0.1) is 0 Å². The van der Waals surface area contributed by atoms with Crippen molar-refractivity contribution in [2.75, 3.05) is 24.3 Å². The minimum Gasteiger partial charge on any atom is -0.377 e. The molecule has 1 aliphatic rings. The Kier molecular flexibility index (Phi) is 7.50. The zero-order chi connectivity index (χ0) is 21.0. The molecule has 2 amide bonds. The Hall–Kier alpha value is -2.04. The van der Waals surface area contributed by atoms with Crippen molar-refractivity contribution >= 4 is 23.2 Å². The Bertz CT molecular complexity index is 693. The van der Waals surface area contributed by atoms with Gasteiger partial charge in [0.2, 0.25) is 11.8 Å². The second-order valence-electron chi connectivity index (χ2n) is 9.11. The number of benzene rings is 1. The lowest BCUT2D eigenvalue weighted by Gasteiger charge is -2.33. The van der Waals surface area contributed by atoms with Gasteiger partial charge < -0.3 is 15.1 Å². The van der Waals surface area contributed by atoms with Gasteiger partial charge in [-0.1, -0.05) is 27.7 Å². The Balaban J connectivity index is 2.29. The number of nitrogens with zero attached hydrogens (tertiary/aromatic N) is 2. The molecule has 1 atom stereocenters. The highest BCUT2D eigenvalue weighted by Crippen LogP contribution is 2.34. The van der Waals surface area contributed by atoms with E-state index in [-0.39, 0.29) is 23.8 Å². The van der Waals surface area contributed by atoms with E-state index in [1.165, 1.54) is 0 Å². The van der Waals surface area contributed by atoms with E-state index < -0.39 is 0 Å². The first kappa shape index (κ1) is 22.3. The number of hydrogen-bond donors (Lipinski definition) is 1. The Morgan fingerprint density at radius 3 is 2.25 bits per heavy atom. The van der Waals surface area contributed by atoms with Gasteiger partial charge in [0.05, 0.1) is 0 Å². The molecule has 0 radical (unpaired) electrons. The van der Waals surface area contributed by atoms with E-state index >= 15 is 0 Å². The van der Waals surface area contributed by atoms with Gasteiger partial charge in [-0.3, -0.25) is 9.59 Å². The third-order valence-corrected chi connectivity index (χ3v) is 5.45. The van der Waals surface area contributed by atoms with Crippen LogP contribution in [0.5, 0.6) is 0 Å². The summed E-state index contributed by atoms with van der Waals surface area (Å²) < 4.78 is 0. The molecule has 5 nitrogen and oxygen atoms in total. The molecule has 5 heteroatoms. The molecule has 1 aromatic carbocycles. The highest BCUT2D eigenvalue weighted by molar-refractivity contribution is 5.91. The molecule has 0 saturated heterocycles. The number of hydrogen-bond acceptors (Lipinski definition) is 3. The molecule has 156 valence electrons. The van der Waals surface area contributed by atoms with E-state index in [4.69, 9.17) is 0 Å². The van der Waals surface area contributed by atoms with Crippen LogP contribution in [0.3, 0.4) is 0 Å². The van der Waals surface area contributed by atoms with Gasteiger partial charge in [-0.2, -0.15) is 0 Å². The summed E-state index contributed by atoms with van der Waals surface area (Å²) in [7, 11) is 4.02. The standard InChI is InChI=1S/C23H37N3O2/c1-15(2)12-22(27)24-20-10-11-21(25(6)7)19(13-20)14-26(17(5)16(3)4)23(28)18-8-9-18/h10-11,13,15-18H,8-9,12,14H2,1-7H3,(H,24,27)/t17-/m1/s1. The van der Waals surface area contributed by atoms with Crippen molar-refractivity contribution in [2.24, 2.45) is 17.8 Å². The monoisotopic (exact) mass is 387 g/mol. The minimum atomic E-state index is 0.0278. The Labute approximate surface area is 170 Å². The summed E-state index contributed by atoms with van der Waals surface area (Å²) in [5.41, 5.74) is 2.93. The molecule has 1 saturated carbocycles. The third-order valence-electron chi connectivity index (χ3n) is 5.45. The largest absolute Gasteiger partial charge is 0.377 e. The molecule has 28 heavy (non-hydrogen) atoms. The maximum absolute atomic E-state index is 13.0. The van der Waals surface area contributed by atoms with Gasteiger partial charge in [0.25, 0.3) is 0 Å². The maximum atomic E-state index is 13.0. The molecule has 0 spiro atoms. The van der Waals surface area contributed by atoms with Crippen LogP contribution in [0.4, 0.5) is 11.4 Å². The summed E-state index contributed by atoms with van der Waals surface area (Å²) in [6.45, 7) is 11.1. The van der Waals surface area contributed by atoms with Crippen molar-refractivity contribution < 1.29 is 9.59 Å². The molecule has 0 heterocycles. The normalized spacial score (nSPS) is 14.9. The van der Waals surface area contributed by atoms with Gasteiger partial charge in [0.1, 0.15) is 0 Å². The molecule has 1 N–H and O–H groups in total. The van der Waals surface area contributed by atoms with E-state index in [2.05, 4.69) is 31.0 Å². The Morgan fingerprint density at radius 2 is 1.75 bits per heavy atom. The van der Waals surface area contributed by atoms with Crippen molar-refractivity contribution in [1.82, 2.24) is 4.90 Å². The highest BCUT2D eigenvalue weighted by atomic mass is 16.2. The lowest BCUT2D eigenvalue weighted by atomic mass is 10.0. The molecule has 1 aliphatic carbocycles. The summed E-state index contributed by atoms with van der Waals surface area (Å²) >= 11 is 0. The van der Waals surface area contributed by atoms with Crippen LogP contribution in [0.2, 0.25) is 0 Å². The quantitative estimate of drug-likeness (QED) is 0.678. The van der Waals surface area contributed by atoms with E-state index in [1.54, 1.807) is 0 Å². The maximum Gasteiger partial charge on any atom is 0.226 e. The van der Waals surface area contributed by atoms with Crippen LogP contribution in [0, 0.1) is 17.8 Å². The fraction of sp³-hybridized carbons (Fsp3) is 0.652. The molecule has 2 rings (SSSR count). The van der Waals surface area contributed by atoms with E-state index in [0.717, 1.165) is 29.8 Å². The molecular weight excluding hydrogens is 350 g/mol. The van der Waals surface area contributed by atoms with Crippen molar-refractivity contribution in [3.8, 4) is 0 Å². The minimum absolute atomic E-state index is 0.0278. The van der Waals surface area contributed by atoms with Crippen LogP contribution < -0.4 is 10.2 Å². The van der Waals surface area contributed by atoms with Crippen LogP contribution in [0.25, 0.3) is 0 Å². The first-order valence-corrected chi connectivity index (χ1v) is 10.5. The average molecular weight is 388 g/mol. The van der Waals surface area contributed by atoms with Crippen LogP contribution in [0.15, 0.2) is 18.2 Å². The van der Waals surface area contributed by atoms with Crippen molar-refractivity contribution in [1.29, 1.82) is 0 Å². The van der Waals surface area contributed by atoms with Crippen molar-refractivity contribution in [3.05, 3.63) is 23.8 Å². The highest BCUT2D eigenvalue weighted by Gasteiger charge is 2.36. The zero-order valence-electron chi connectivity index (χ0n) is 18.6. The summed E-state index contributed by atoms with van der Waals surface area (Å²) in [5, 5.41) is 3.01. The van der Waals surface area contributed by atoms with Gasteiger partial charge >= 0.3 is 0 Å². The number of anilines is 2. The van der Waals surface area contributed by atoms with E-state index in [0.29, 0.717) is 24.8 Å². The number of nitrogens with one attached hydrogen (secondary N) is 1. The predicted octanol–water partition coefficient (Wildman–Crippen LogP) is 4.52. The van der Waals surface area contributed by atoms with Crippen LogP contribution in [-0.4, -0.2) is 36.9 Å². The molecule has 0 aromatic heterocycles. The van der Waals surface area contributed by atoms with Crippen LogP contribution >= 0.6 is 0 Å². The molecule has 0 aliphatic heterocycles. The fourth-order valence-electron chi connectivity index (χ4n) is 3.34. The van der Waals surface area contributed by atoms with E-state index in [9.17, 15) is 9.59 Å². The number of carbonyl (C=O) groups excluding carboxylic acids is 2. The van der Waals surface area contributed by atoms with Gasteiger partial charge in [0.15, 0.2) is 0 Å². The molecule has 1 fully saturated rings. The summed E-state index contributed by atoms with van der Waals surface area (Å²) in [6, 6.07) is 6.16. The SMILES string of the molecule is CC(C)CC(=O)Nc1ccc(N(C)C)c(CN(C(=O)C2CC2)[C@H](C)C(C)C)c1. The molecule has 1 aromatic rings. The summed E-state index contributed by atoms with van der Waals surface area (Å²) in [5.74, 6) is 1.19. The second kappa shape index (κ2) is 9.44. The topological polar surface area (TPSA) is 52.7 Å². The molecular formula is C23H37N3O2. The van der Waals surface area contributed by atoms with Crippen molar-refractivity contribution in [2.45, 2.75) is 66.5 Å². The summed E-state index contributed by atoms with van der Waals surface area (Å²) in [4.78, 5) is 29.3. The number of carbonyl (C=O) groups is 2. The van der Waals surface area contributed by atoms with Crippen molar-refractivity contribution in [3.63, 3.8) is 0 Å². The first-order chi connectivity index (χ1) is 13.1. The Morgan fingerprint density at radius 1 is 1.11 bits per heavy atom. The fourth-order valence-corrected chi connectivity index (χ4v) is 3.34. The van der Waals surface area contributed by atoms with Crippen LogP contribution in [0.1, 0.15) is 59.4 Å². The van der Waals surface area contributed by atoms with Gasteiger partial charge in [0, 0.05) is 50.4 Å². The third kappa shape index (κ3) is 5.98. The average Bonchev–Trinajstić information content (AvgIpc) is 3.42. The predicted molar refractivity (Wildman–Crippen MR) is 116 cm³/mol.